The Morgan fingerprint density at radius 1 is 1.38 bits per heavy atom. The summed E-state index contributed by atoms with van der Waals surface area (Å²) in [7, 11) is 1.50. The quantitative estimate of drug-likeness (QED) is 0.773. The zero-order chi connectivity index (χ0) is 8.97. The van der Waals surface area contributed by atoms with E-state index in [0.29, 0.717) is 5.56 Å². The standard InChI is InChI=1S/C8H9NO3.BrH/c1-9-12-8(11)6-2-4-7(10)5-3-6;/h2-5,9-10H,1H3;1H. The number of rotatable bonds is 2. The van der Waals surface area contributed by atoms with Crippen molar-refractivity contribution in [2.45, 2.75) is 0 Å². The Morgan fingerprint density at radius 3 is 2.38 bits per heavy atom. The maximum absolute atomic E-state index is 11.0. The van der Waals surface area contributed by atoms with Gasteiger partial charge in [0.05, 0.1) is 5.56 Å². The van der Waals surface area contributed by atoms with Crippen LogP contribution in [0.4, 0.5) is 0 Å². The fourth-order valence-corrected chi connectivity index (χ4v) is 0.749. The second-order valence-electron chi connectivity index (χ2n) is 2.14. The highest BCUT2D eigenvalue weighted by Gasteiger charge is 2.04. The van der Waals surface area contributed by atoms with Crippen LogP contribution in [-0.4, -0.2) is 18.1 Å². The summed E-state index contributed by atoms with van der Waals surface area (Å²) in [5.41, 5.74) is 2.66. The summed E-state index contributed by atoms with van der Waals surface area (Å²) >= 11 is 0. The first-order valence-corrected chi connectivity index (χ1v) is 3.41. The van der Waals surface area contributed by atoms with Gasteiger partial charge in [-0.2, -0.15) is 5.48 Å². The molecular formula is C8H10BrNO3. The van der Waals surface area contributed by atoms with Crippen molar-refractivity contribution in [3.8, 4) is 5.75 Å². The summed E-state index contributed by atoms with van der Waals surface area (Å²) in [4.78, 5) is 15.5. The molecule has 1 aromatic rings. The van der Waals surface area contributed by atoms with Crippen LogP contribution in [0.5, 0.6) is 5.75 Å². The van der Waals surface area contributed by atoms with Crippen molar-refractivity contribution in [3.05, 3.63) is 29.8 Å². The number of phenols is 1. The molecule has 1 rings (SSSR count). The summed E-state index contributed by atoms with van der Waals surface area (Å²) < 4.78 is 0. The van der Waals surface area contributed by atoms with Crippen LogP contribution in [-0.2, 0) is 4.84 Å². The van der Waals surface area contributed by atoms with Crippen LogP contribution in [0.15, 0.2) is 24.3 Å². The number of hydrogen-bond donors (Lipinski definition) is 2. The molecule has 0 atom stereocenters. The summed E-state index contributed by atoms with van der Waals surface area (Å²) in [6, 6.07) is 5.81. The lowest BCUT2D eigenvalue weighted by atomic mass is 10.2. The number of hydroxylamine groups is 1. The first-order chi connectivity index (χ1) is 5.74. The maximum atomic E-state index is 11.0. The fraction of sp³-hybridized carbons (Fsp3) is 0.125. The molecule has 0 saturated carbocycles. The van der Waals surface area contributed by atoms with E-state index in [-0.39, 0.29) is 22.7 Å². The van der Waals surface area contributed by atoms with E-state index in [4.69, 9.17) is 5.11 Å². The highest BCUT2D eigenvalue weighted by atomic mass is 79.9. The van der Waals surface area contributed by atoms with Gasteiger partial charge >= 0.3 is 5.97 Å². The molecular weight excluding hydrogens is 238 g/mol. The van der Waals surface area contributed by atoms with Gasteiger partial charge in [0.25, 0.3) is 0 Å². The van der Waals surface area contributed by atoms with Crippen LogP contribution >= 0.6 is 17.0 Å². The Kier molecular flexibility index (Phi) is 5.10. The van der Waals surface area contributed by atoms with Gasteiger partial charge in [0.2, 0.25) is 0 Å². The van der Waals surface area contributed by atoms with Crippen molar-refractivity contribution in [2.24, 2.45) is 0 Å². The Labute approximate surface area is 86.2 Å². The van der Waals surface area contributed by atoms with E-state index in [1.165, 1.54) is 31.3 Å². The average Bonchev–Trinajstić information content (AvgIpc) is 2.06. The van der Waals surface area contributed by atoms with Crippen molar-refractivity contribution in [1.29, 1.82) is 0 Å². The molecule has 4 nitrogen and oxygen atoms in total. The number of aromatic hydroxyl groups is 1. The number of halogens is 1. The summed E-state index contributed by atoms with van der Waals surface area (Å²) in [5.74, 6) is -0.353. The molecule has 0 amide bonds. The third kappa shape index (κ3) is 3.43. The van der Waals surface area contributed by atoms with Gasteiger partial charge in [0.15, 0.2) is 0 Å². The van der Waals surface area contributed by atoms with Gasteiger partial charge in [-0.1, -0.05) is 0 Å². The third-order valence-corrected chi connectivity index (χ3v) is 1.30. The molecule has 0 aliphatic carbocycles. The molecule has 0 spiro atoms. The molecule has 0 heterocycles. The lowest BCUT2D eigenvalue weighted by Crippen LogP contribution is -2.14. The third-order valence-electron chi connectivity index (χ3n) is 1.30. The maximum Gasteiger partial charge on any atom is 0.356 e. The van der Waals surface area contributed by atoms with Gasteiger partial charge in [-0.3, -0.25) is 0 Å². The van der Waals surface area contributed by atoms with Crippen LogP contribution in [0.25, 0.3) is 0 Å². The smallest absolute Gasteiger partial charge is 0.356 e. The number of carbonyl (C=O) groups is 1. The van der Waals surface area contributed by atoms with Crippen LogP contribution in [0.2, 0.25) is 0 Å². The zero-order valence-electron chi connectivity index (χ0n) is 6.98. The minimum absolute atomic E-state index is 0. The molecule has 0 fully saturated rings. The van der Waals surface area contributed by atoms with E-state index in [1.807, 2.05) is 0 Å². The lowest BCUT2D eigenvalue weighted by Gasteiger charge is -2.00. The van der Waals surface area contributed by atoms with Crippen molar-refractivity contribution < 1.29 is 14.7 Å². The van der Waals surface area contributed by atoms with E-state index in [1.54, 1.807) is 0 Å². The number of hydrogen-bond acceptors (Lipinski definition) is 4. The van der Waals surface area contributed by atoms with E-state index >= 15 is 0 Å². The minimum atomic E-state index is -0.475. The van der Waals surface area contributed by atoms with E-state index in [2.05, 4.69) is 10.3 Å². The van der Waals surface area contributed by atoms with Crippen LogP contribution in [0, 0.1) is 0 Å². The van der Waals surface area contributed by atoms with Gasteiger partial charge in [0.1, 0.15) is 5.75 Å². The molecule has 0 aliphatic heterocycles. The van der Waals surface area contributed by atoms with Crippen molar-refractivity contribution in [1.82, 2.24) is 5.48 Å². The number of nitrogens with one attached hydrogen (secondary N) is 1. The fourth-order valence-electron chi connectivity index (χ4n) is 0.749. The molecule has 5 heteroatoms. The molecule has 2 N–H and O–H groups in total. The van der Waals surface area contributed by atoms with Crippen molar-refractivity contribution >= 4 is 23.0 Å². The first kappa shape index (κ1) is 11.9. The topological polar surface area (TPSA) is 58.6 Å². The molecule has 13 heavy (non-hydrogen) atoms. The normalized spacial score (nSPS) is 8.69. The second kappa shape index (κ2) is 5.55. The van der Waals surface area contributed by atoms with Gasteiger partial charge in [-0.25, -0.2) is 4.79 Å². The highest BCUT2D eigenvalue weighted by molar-refractivity contribution is 8.93. The van der Waals surface area contributed by atoms with Crippen LogP contribution in [0.3, 0.4) is 0 Å². The lowest BCUT2D eigenvalue weighted by molar-refractivity contribution is 0.0310. The van der Waals surface area contributed by atoms with E-state index in [0.717, 1.165) is 0 Å². The summed E-state index contributed by atoms with van der Waals surface area (Å²) in [5, 5.41) is 8.90. The number of carbonyl (C=O) groups excluding carboxylic acids is 1. The Hall–Kier alpha value is -1.07. The van der Waals surface area contributed by atoms with Gasteiger partial charge in [0, 0.05) is 7.05 Å². The Morgan fingerprint density at radius 2 is 1.92 bits per heavy atom. The molecule has 0 unspecified atom stereocenters. The minimum Gasteiger partial charge on any atom is -0.508 e. The predicted molar refractivity (Wildman–Crippen MR) is 52.9 cm³/mol. The predicted octanol–water partition coefficient (Wildman–Crippen LogP) is 1.26. The van der Waals surface area contributed by atoms with Gasteiger partial charge in [-0.15, -0.1) is 17.0 Å². The summed E-state index contributed by atoms with van der Waals surface area (Å²) in [6.07, 6.45) is 0. The molecule has 0 aliphatic rings. The number of phenolic OH excluding ortho intramolecular Hbond substituents is 1. The molecule has 0 saturated heterocycles. The molecule has 0 aromatic heterocycles. The van der Waals surface area contributed by atoms with Crippen LogP contribution in [0.1, 0.15) is 10.4 Å². The first-order valence-electron chi connectivity index (χ1n) is 3.41. The van der Waals surface area contributed by atoms with E-state index in [9.17, 15) is 4.79 Å². The van der Waals surface area contributed by atoms with Crippen molar-refractivity contribution in [3.63, 3.8) is 0 Å². The Balaban J connectivity index is 0.00000144. The molecule has 0 bridgehead atoms. The molecule has 0 radical (unpaired) electrons. The second-order valence-corrected chi connectivity index (χ2v) is 2.14. The largest absolute Gasteiger partial charge is 0.508 e. The monoisotopic (exact) mass is 247 g/mol. The highest BCUT2D eigenvalue weighted by Crippen LogP contribution is 2.09. The van der Waals surface area contributed by atoms with E-state index < -0.39 is 5.97 Å². The van der Waals surface area contributed by atoms with Crippen molar-refractivity contribution in [2.75, 3.05) is 7.05 Å². The zero-order valence-corrected chi connectivity index (χ0v) is 8.69. The Bertz CT molecular complexity index is 273. The molecule has 1 aromatic carbocycles. The van der Waals surface area contributed by atoms with Gasteiger partial charge in [-0.05, 0) is 24.3 Å². The average molecular weight is 248 g/mol. The summed E-state index contributed by atoms with van der Waals surface area (Å²) in [6.45, 7) is 0. The number of benzene rings is 1. The van der Waals surface area contributed by atoms with Crippen LogP contribution < -0.4 is 5.48 Å². The van der Waals surface area contributed by atoms with Gasteiger partial charge < -0.3 is 9.94 Å². The SMILES string of the molecule is Br.CNOC(=O)c1ccc(O)cc1. The molecule has 72 valence electrons.